The summed E-state index contributed by atoms with van der Waals surface area (Å²) in [6.45, 7) is 14.5. The van der Waals surface area contributed by atoms with Crippen LogP contribution in [0.25, 0.3) is 102 Å². The lowest BCUT2D eigenvalue weighted by Gasteiger charge is -2.44. The van der Waals surface area contributed by atoms with Crippen molar-refractivity contribution in [2.75, 3.05) is 0 Å². The van der Waals surface area contributed by atoms with Gasteiger partial charge in [0.25, 0.3) is 0 Å². The molecule has 1 aliphatic rings. The predicted octanol–water partition coefficient (Wildman–Crippen LogP) is 15.7. The van der Waals surface area contributed by atoms with E-state index in [2.05, 4.69) is 163 Å². The monoisotopic (exact) mass is 892 g/mol. The summed E-state index contributed by atoms with van der Waals surface area (Å²) in [5.74, 6) is 3.77. The van der Waals surface area contributed by atoms with Gasteiger partial charge in [0.05, 0.1) is 0 Å². The van der Waals surface area contributed by atoms with Crippen LogP contribution in [0.5, 0.6) is 0 Å². The number of rotatable bonds is 9. The van der Waals surface area contributed by atoms with Gasteiger partial charge in [0.15, 0.2) is 34.9 Å². The van der Waals surface area contributed by atoms with Gasteiger partial charge in [0.2, 0.25) is 0 Å². The maximum atomic E-state index is 5.19. The Morgan fingerprint density at radius 3 is 0.884 bits per heavy atom. The number of hydrogen-bond donors (Lipinski definition) is 0. The second-order valence-electron chi connectivity index (χ2n) is 19.6. The summed E-state index contributed by atoms with van der Waals surface area (Å²) >= 11 is 0. The molecule has 1 aliphatic carbocycles. The third-order valence-corrected chi connectivity index (χ3v) is 15.1. The van der Waals surface area contributed by atoms with Crippen molar-refractivity contribution in [1.82, 2.24) is 29.9 Å². The van der Waals surface area contributed by atoms with Crippen LogP contribution >= 0.6 is 0 Å². The Labute approximate surface area is 405 Å². The lowest BCUT2D eigenvalue weighted by atomic mass is 9.59. The highest BCUT2D eigenvalue weighted by molar-refractivity contribution is 5.88. The van der Waals surface area contributed by atoms with Crippen LogP contribution in [0.15, 0.2) is 206 Å². The summed E-state index contributed by atoms with van der Waals surface area (Å²) < 4.78 is 0. The topological polar surface area (TPSA) is 77.3 Å². The van der Waals surface area contributed by atoms with Crippen molar-refractivity contribution in [3.8, 4) is 102 Å². The van der Waals surface area contributed by atoms with Gasteiger partial charge in [-0.3, -0.25) is 0 Å². The normalized spacial score (nSPS) is 14.3. The molecule has 2 heterocycles. The molecular formula is C63H52N6. The first-order chi connectivity index (χ1) is 33.4. The van der Waals surface area contributed by atoms with Crippen LogP contribution in [-0.2, 0) is 10.8 Å². The molecule has 0 unspecified atom stereocenters. The number of nitrogens with zero attached hydrogens (tertiary/aromatic N) is 6. The van der Waals surface area contributed by atoms with Gasteiger partial charge in [-0.15, -0.1) is 0 Å². The second-order valence-corrected chi connectivity index (χ2v) is 19.6. The number of aromatic nitrogens is 6. The van der Waals surface area contributed by atoms with E-state index < -0.39 is 0 Å². The highest BCUT2D eigenvalue weighted by Crippen LogP contribution is 2.62. The summed E-state index contributed by atoms with van der Waals surface area (Å²) in [7, 11) is 0. The smallest absolute Gasteiger partial charge is 0.164 e. The zero-order valence-corrected chi connectivity index (χ0v) is 39.8. The first kappa shape index (κ1) is 43.4. The standard InChI is InChI=1S/C63H52N6/c1-61(2)53-39-51(43-32-36-48(37-33-43)58-65-55(44-22-13-8-14-23-44)64-56(66-58)45-24-15-9-16-25-45)52(40-54(53)62(3,4)63(61,5)6)49-28-19-29-50(38-49)60-68-57(46-26-17-10-18-27-46)67-59(69-60)47-34-30-42(31-35-47)41-20-11-7-12-21-41/h7-40H,1-6H3. The van der Waals surface area contributed by atoms with Gasteiger partial charge in [-0.25, -0.2) is 29.9 Å². The van der Waals surface area contributed by atoms with E-state index in [1.807, 2.05) is 84.9 Å². The van der Waals surface area contributed by atoms with Crippen LogP contribution in [0.4, 0.5) is 0 Å². The summed E-state index contributed by atoms with van der Waals surface area (Å²) in [5.41, 5.74) is 14.9. The first-order valence-electron chi connectivity index (χ1n) is 23.7. The van der Waals surface area contributed by atoms with Gasteiger partial charge < -0.3 is 0 Å². The highest BCUT2D eigenvalue weighted by Gasteiger charge is 2.57. The molecule has 0 N–H and O–H groups in total. The van der Waals surface area contributed by atoms with E-state index in [-0.39, 0.29) is 16.2 Å². The van der Waals surface area contributed by atoms with Crippen molar-refractivity contribution in [3.63, 3.8) is 0 Å². The van der Waals surface area contributed by atoms with Crippen LogP contribution in [0.2, 0.25) is 0 Å². The molecule has 334 valence electrons. The second kappa shape index (κ2) is 17.1. The van der Waals surface area contributed by atoms with Gasteiger partial charge in [-0.1, -0.05) is 230 Å². The van der Waals surface area contributed by atoms with Gasteiger partial charge in [0.1, 0.15) is 0 Å². The van der Waals surface area contributed by atoms with Crippen LogP contribution in [0, 0.1) is 5.41 Å². The van der Waals surface area contributed by atoms with E-state index in [9.17, 15) is 0 Å². The van der Waals surface area contributed by atoms with Gasteiger partial charge in [-0.05, 0) is 79.0 Å². The summed E-state index contributed by atoms with van der Waals surface area (Å²) in [6, 6.07) is 71.6. The third kappa shape index (κ3) is 7.82. The Morgan fingerprint density at radius 1 is 0.232 bits per heavy atom. The maximum Gasteiger partial charge on any atom is 0.164 e. The minimum absolute atomic E-state index is 0.0239. The molecule has 0 aliphatic heterocycles. The fourth-order valence-electron chi connectivity index (χ4n) is 9.92. The van der Waals surface area contributed by atoms with Gasteiger partial charge >= 0.3 is 0 Å². The van der Waals surface area contributed by atoms with Crippen molar-refractivity contribution in [1.29, 1.82) is 0 Å². The molecule has 0 radical (unpaired) electrons. The Bertz CT molecular complexity index is 3420. The molecule has 2 aromatic heterocycles. The minimum atomic E-state index is -0.101. The van der Waals surface area contributed by atoms with Gasteiger partial charge in [-0.2, -0.15) is 0 Å². The minimum Gasteiger partial charge on any atom is -0.208 e. The Balaban J connectivity index is 1.04. The molecule has 69 heavy (non-hydrogen) atoms. The zero-order valence-electron chi connectivity index (χ0n) is 39.8. The van der Waals surface area contributed by atoms with Crippen LogP contribution in [-0.4, -0.2) is 29.9 Å². The van der Waals surface area contributed by atoms with Crippen LogP contribution in [0.1, 0.15) is 52.7 Å². The first-order valence-corrected chi connectivity index (χ1v) is 23.7. The quantitative estimate of drug-likeness (QED) is 0.144. The fraction of sp³-hybridized carbons (Fsp3) is 0.143. The molecule has 0 saturated carbocycles. The third-order valence-electron chi connectivity index (χ3n) is 15.1. The average Bonchev–Trinajstić information content (AvgIpc) is 3.51. The molecule has 6 heteroatoms. The fourth-order valence-corrected chi connectivity index (χ4v) is 9.92. The largest absolute Gasteiger partial charge is 0.208 e. The molecule has 0 spiro atoms. The van der Waals surface area contributed by atoms with E-state index >= 15 is 0 Å². The molecule has 0 saturated heterocycles. The number of hydrogen-bond acceptors (Lipinski definition) is 6. The Hall–Kier alpha value is -8.22. The lowest BCUT2D eigenvalue weighted by Crippen LogP contribution is -2.42. The Kier molecular flexibility index (Phi) is 10.8. The molecule has 0 fully saturated rings. The molecule has 0 amide bonds. The van der Waals surface area contributed by atoms with Crippen molar-refractivity contribution in [2.24, 2.45) is 5.41 Å². The van der Waals surface area contributed by atoms with E-state index in [1.165, 1.54) is 11.1 Å². The molecule has 10 aromatic rings. The van der Waals surface area contributed by atoms with E-state index in [0.29, 0.717) is 34.9 Å². The van der Waals surface area contributed by atoms with Gasteiger partial charge in [0, 0.05) is 33.4 Å². The Morgan fingerprint density at radius 2 is 0.493 bits per heavy atom. The summed E-state index contributed by atoms with van der Waals surface area (Å²) in [6.07, 6.45) is 0. The number of benzene rings is 8. The molecular weight excluding hydrogens is 841 g/mol. The summed E-state index contributed by atoms with van der Waals surface area (Å²) in [5, 5.41) is 0. The summed E-state index contributed by atoms with van der Waals surface area (Å²) in [4.78, 5) is 30.4. The molecule has 8 aromatic carbocycles. The molecule has 6 nitrogen and oxygen atoms in total. The average molecular weight is 893 g/mol. The zero-order chi connectivity index (χ0) is 47.3. The van der Waals surface area contributed by atoms with E-state index in [1.54, 1.807) is 0 Å². The highest BCUT2D eigenvalue weighted by atomic mass is 15.0. The van der Waals surface area contributed by atoms with Crippen molar-refractivity contribution >= 4 is 0 Å². The predicted molar refractivity (Wildman–Crippen MR) is 282 cm³/mol. The maximum absolute atomic E-state index is 5.19. The van der Waals surface area contributed by atoms with E-state index in [4.69, 9.17) is 29.9 Å². The molecule has 0 bridgehead atoms. The molecule has 0 atom stereocenters. The van der Waals surface area contributed by atoms with Crippen molar-refractivity contribution < 1.29 is 0 Å². The lowest BCUT2D eigenvalue weighted by molar-refractivity contribution is 0.125. The number of fused-ring (bicyclic) bond motifs is 1. The van der Waals surface area contributed by atoms with Crippen molar-refractivity contribution in [2.45, 2.75) is 52.4 Å². The van der Waals surface area contributed by atoms with Crippen molar-refractivity contribution in [3.05, 3.63) is 217 Å². The van der Waals surface area contributed by atoms with Crippen LogP contribution < -0.4 is 0 Å². The van der Waals surface area contributed by atoms with E-state index in [0.717, 1.165) is 66.8 Å². The molecule has 11 rings (SSSR count). The SMILES string of the molecule is CC1(C)c2cc(-c3ccc(-c4nc(-c5ccccc5)nc(-c5ccccc5)n4)cc3)c(-c3cccc(-c4nc(-c5ccccc5)nc(-c5ccc(-c6ccccc6)cc5)n4)c3)cc2C(C)(C)C1(C)C. The van der Waals surface area contributed by atoms with Crippen LogP contribution in [0.3, 0.4) is 0 Å².